The van der Waals surface area contributed by atoms with E-state index in [2.05, 4.69) is 15.0 Å². The number of nitrogens with zero attached hydrogens (tertiary/aromatic N) is 2. The predicted octanol–water partition coefficient (Wildman–Crippen LogP) is 2.55. The molecule has 0 aromatic carbocycles. The fourth-order valence-electron chi connectivity index (χ4n) is 3.45. The van der Waals surface area contributed by atoms with Crippen LogP contribution in [0.2, 0.25) is 0 Å². The van der Waals surface area contributed by atoms with Crippen molar-refractivity contribution in [1.82, 2.24) is 19.5 Å². The van der Waals surface area contributed by atoms with Gasteiger partial charge in [-0.2, -0.15) is 0 Å². The van der Waals surface area contributed by atoms with Crippen molar-refractivity contribution in [2.45, 2.75) is 64.3 Å². The lowest BCUT2D eigenvalue weighted by Crippen LogP contribution is -2.37. The average Bonchev–Trinajstić information content (AvgIpc) is 2.98. The molecule has 0 saturated heterocycles. The molecule has 1 saturated carbocycles. The van der Waals surface area contributed by atoms with Gasteiger partial charge in [0.15, 0.2) is 5.65 Å². The molecule has 2 aromatic heterocycles. The fraction of sp³-hybridized carbons (Fsp3) is 0.688. The molecule has 0 amide bonds. The summed E-state index contributed by atoms with van der Waals surface area (Å²) in [6.07, 6.45) is 12.5. The van der Waals surface area contributed by atoms with Crippen molar-refractivity contribution >= 4 is 11.2 Å². The van der Waals surface area contributed by atoms with Crippen LogP contribution in [0.3, 0.4) is 0 Å². The van der Waals surface area contributed by atoms with Gasteiger partial charge in [-0.3, -0.25) is 14.3 Å². The summed E-state index contributed by atoms with van der Waals surface area (Å²) in [5.74, 6) is 0.414. The molecule has 0 bridgehead atoms. The standard InChI is InChI=1S/C16H24N4O2/c21-15-13-14(18-11-17-13)19-16(22)20(15)10-12-8-6-4-2-1-3-5-7-9-12/h11-12H,1-10H2,(H,17,18)(H,19,22). The smallest absolute Gasteiger partial charge is 0.330 e. The zero-order valence-electron chi connectivity index (χ0n) is 12.9. The Balaban J connectivity index is 1.81. The van der Waals surface area contributed by atoms with E-state index < -0.39 is 0 Å². The Hall–Kier alpha value is -1.85. The Morgan fingerprint density at radius 3 is 2.36 bits per heavy atom. The highest BCUT2D eigenvalue weighted by molar-refractivity contribution is 5.67. The second kappa shape index (κ2) is 6.94. The van der Waals surface area contributed by atoms with E-state index in [9.17, 15) is 9.59 Å². The van der Waals surface area contributed by atoms with Gasteiger partial charge in [0, 0.05) is 6.54 Å². The summed E-state index contributed by atoms with van der Waals surface area (Å²) < 4.78 is 1.34. The van der Waals surface area contributed by atoms with Gasteiger partial charge in [0.05, 0.1) is 6.33 Å². The van der Waals surface area contributed by atoms with E-state index in [-0.39, 0.29) is 11.2 Å². The number of aromatic nitrogens is 4. The Labute approximate surface area is 129 Å². The summed E-state index contributed by atoms with van der Waals surface area (Å²) in [5, 5.41) is 0. The Bertz CT molecular complexity index is 718. The van der Waals surface area contributed by atoms with Gasteiger partial charge >= 0.3 is 5.69 Å². The molecule has 1 fully saturated rings. The van der Waals surface area contributed by atoms with Crippen LogP contribution in [-0.2, 0) is 6.54 Å². The fourth-order valence-corrected chi connectivity index (χ4v) is 3.45. The molecule has 22 heavy (non-hydrogen) atoms. The van der Waals surface area contributed by atoms with E-state index in [0.29, 0.717) is 23.6 Å². The van der Waals surface area contributed by atoms with E-state index >= 15 is 0 Å². The number of nitrogens with one attached hydrogen (secondary N) is 2. The molecule has 3 rings (SSSR count). The minimum Gasteiger partial charge on any atom is -0.339 e. The van der Waals surface area contributed by atoms with Crippen LogP contribution in [0.25, 0.3) is 11.2 Å². The lowest BCUT2D eigenvalue weighted by atomic mass is 9.92. The molecule has 2 N–H and O–H groups in total. The van der Waals surface area contributed by atoms with Gasteiger partial charge in [-0.15, -0.1) is 0 Å². The van der Waals surface area contributed by atoms with Crippen LogP contribution < -0.4 is 11.2 Å². The highest BCUT2D eigenvalue weighted by atomic mass is 16.2. The molecule has 0 unspecified atom stereocenters. The van der Waals surface area contributed by atoms with Crippen molar-refractivity contribution in [3.63, 3.8) is 0 Å². The highest BCUT2D eigenvalue weighted by Gasteiger charge is 2.15. The normalized spacial score (nSPS) is 18.5. The van der Waals surface area contributed by atoms with Crippen molar-refractivity contribution in [2.24, 2.45) is 5.92 Å². The molecule has 2 aromatic rings. The van der Waals surface area contributed by atoms with Crippen molar-refractivity contribution in [3.8, 4) is 0 Å². The van der Waals surface area contributed by atoms with Gasteiger partial charge in [0.1, 0.15) is 5.52 Å². The van der Waals surface area contributed by atoms with Gasteiger partial charge in [-0.05, 0) is 18.8 Å². The minimum absolute atomic E-state index is 0.256. The van der Waals surface area contributed by atoms with Crippen LogP contribution in [0.15, 0.2) is 15.9 Å². The van der Waals surface area contributed by atoms with E-state index in [1.54, 1.807) is 0 Å². The molecule has 6 nitrogen and oxygen atoms in total. The van der Waals surface area contributed by atoms with Gasteiger partial charge in [-0.1, -0.05) is 44.9 Å². The summed E-state index contributed by atoms with van der Waals surface area (Å²) in [7, 11) is 0. The molecular formula is C16H24N4O2. The zero-order chi connectivity index (χ0) is 15.4. The van der Waals surface area contributed by atoms with E-state index in [1.165, 1.54) is 55.8 Å². The Kier molecular flexibility index (Phi) is 4.75. The summed E-state index contributed by atoms with van der Waals surface area (Å²) in [6, 6.07) is 0. The molecule has 1 aliphatic carbocycles. The largest absolute Gasteiger partial charge is 0.339 e. The van der Waals surface area contributed by atoms with Crippen molar-refractivity contribution in [1.29, 1.82) is 0 Å². The number of aromatic amines is 2. The lowest BCUT2D eigenvalue weighted by Gasteiger charge is -2.19. The lowest BCUT2D eigenvalue weighted by molar-refractivity contribution is 0.339. The van der Waals surface area contributed by atoms with Crippen molar-refractivity contribution in [2.75, 3.05) is 0 Å². The van der Waals surface area contributed by atoms with Crippen LogP contribution in [0.5, 0.6) is 0 Å². The predicted molar refractivity (Wildman–Crippen MR) is 86.0 cm³/mol. The maximum Gasteiger partial charge on any atom is 0.330 e. The van der Waals surface area contributed by atoms with Crippen molar-refractivity contribution < 1.29 is 0 Å². The number of hydrogen-bond donors (Lipinski definition) is 2. The Morgan fingerprint density at radius 1 is 1.05 bits per heavy atom. The third-order valence-electron chi connectivity index (χ3n) is 4.73. The first-order chi connectivity index (χ1) is 10.8. The summed E-state index contributed by atoms with van der Waals surface area (Å²) in [5.41, 5.74) is 0.131. The van der Waals surface area contributed by atoms with E-state index in [1.807, 2.05) is 0 Å². The second-order valence-electron chi connectivity index (χ2n) is 6.39. The molecule has 120 valence electrons. The highest BCUT2D eigenvalue weighted by Crippen LogP contribution is 2.22. The van der Waals surface area contributed by atoms with Crippen LogP contribution in [-0.4, -0.2) is 19.5 Å². The van der Waals surface area contributed by atoms with Crippen LogP contribution in [0.4, 0.5) is 0 Å². The topological polar surface area (TPSA) is 83.5 Å². The Morgan fingerprint density at radius 2 is 1.68 bits per heavy atom. The number of rotatable bonds is 2. The van der Waals surface area contributed by atoms with Gasteiger partial charge in [-0.25, -0.2) is 9.78 Å². The van der Waals surface area contributed by atoms with Crippen LogP contribution >= 0.6 is 0 Å². The zero-order valence-corrected chi connectivity index (χ0v) is 12.9. The molecule has 0 atom stereocenters. The summed E-state index contributed by atoms with van der Waals surface area (Å²) in [6.45, 7) is 0.517. The number of fused-ring (bicyclic) bond motifs is 1. The number of imidazole rings is 1. The van der Waals surface area contributed by atoms with E-state index in [4.69, 9.17) is 0 Å². The molecule has 0 spiro atoms. The van der Waals surface area contributed by atoms with Crippen molar-refractivity contribution in [3.05, 3.63) is 27.2 Å². The minimum atomic E-state index is -0.346. The van der Waals surface area contributed by atoms with Gasteiger partial charge < -0.3 is 4.98 Å². The quantitative estimate of drug-likeness (QED) is 0.894. The van der Waals surface area contributed by atoms with Gasteiger partial charge in [0.25, 0.3) is 5.56 Å². The maximum atomic E-state index is 12.4. The number of hydrogen-bond acceptors (Lipinski definition) is 3. The van der Waals surface area contributed by atoms with Crippen LogP contribution in [0.1, 0.15) is 57.8 Å². The first kappa shape index (κ1) is 15.1. The molecule has 6 heteroatoms. The molecular weight excluding hydrogens is 280 g/mol. The monoisotopic (exact) mass is 304 g/mol. The van der Waals surface area contributed by atoms with E-state index in [0.717, 1.165) is 12.8 Å². The average molecular weight is 304 g/mol. The molecule has 0 radical (unpaired) electrons. The first-order valence-electron chi connectivity index (χ1n) is 8.42. The maximum absolute atomic E-state index is 12.4. The summed E-state index contributed by atoms with van der Waals surface area (Å²) >= 11 is 0. The second-order valence-corrected chi connectivity index (χ2v) is 6.39. The molecule has 1 aliphatic rings. The number of H-pyrrole nitrogens is 2. The third kappa shape index (κ3) is 3.31. The van der Waals surface area contributed by atoms with Crippen LogP contribution in [0, 0.1) is 5.92 Å². The SMILES string of the molecule is O=c1[nH]c2nc[nH]c2c(=O)n1CC1CCCCCCCCC1. The summed E-state index contributed by atoms with van der Waals surface area (Å²) in [4.78, 5) is 34.0. The third-order valence-corrected chi connectivity index (χ3v) is 4.73. The molecule has 2 heterocycles. The van der Waals surface area contributed by atoms with Gasteiger partial charge in [0.2, 0.25) is 0 Å². The molecule has 0 aliphatic heterocycles. The first-order valence-corrected chi connectivity index (χ1v) is 8.42.